The van der Waals surface area contributed by atoms with Crippen molar-refractivity contribution in [2.45, 2.75) is 26.4 Å². The summed E-state index contributed by atoms with van der Waals surface area (Å²) < 4.78 is 18.4. The molecule has 1 aromatic carbocycles. The summed E-state index contributed by atoms with van der Waals surface area (Å²) in [5.41, 5.74) is -0.830. The molecule has 1 aromatic rings. The number of carbonyl (C=O) groups excluding carboxylic acids is 1. The van der Waals surface area contributed by atoms with Crippen LogP contribution in [0.5, 0.6) is 5.75 Å². The Hall–Kier alpha value is -1.49. The molecule has 6 heteroatoms. The average molecular weight is 262 g/mol. The van der Waals surface area contributed by atoms with Crippen LogP contribution in [0.3, 0.4) is 0 Å². The van der Waals surface area contributed by atoms with E-state index in [4.69, 9.17) is 21.4 Å². The topological polar surface area (TPSA) is 58.6 Å². The molecule has 4 nitrogen and oxygen atoms in total. The Morgan fingerprint density at radius 2 is 2.06 bits per heavy atom. The summed E-state index contributed by atoms with van der Waals surface area (Å²) in [7, 11) is 0. The quantitative estimate of drug-likeness (QED) is 0.760. The summed E-state index contributed by atoms with van der Waals surface area (Å²) in [6, 6.07) is 2.37. The Morgan fingerprint density at radius 1 is 1.47 bits per heavy atom. The van der Waals surface area contributed by atoms with E-state index in [-0.39, 0.29) is 11.4 Å². The highest BCUT2D eigenvalue weighted by molar-refractivity contribution is 6.32. The molecule has 2 N–H and O–H groups in total. The molecule has 0 saturated heterocycles. The Balaban J connectivity index is 2.83. The first-order valence-corrected chi connectivity index (χ1v) is 5.25. The molecule has 0 aliphatic rings. The van der Waals surface area contributed by atoms with Crippen LogP contribution in [0, 0.1) is 5.82 Å². The molecule has 1 rings (SSSR count). The van der Waals surface area contributed by atoms with Gasteiger partial charge in [0.25, 0.3) is 0 Å². The molecule has 0 unspecified atom stereocenters. The predicted octanol–water partition coefficient (Wildman–Crippen LogP) is 3.53. The zero-order chi connectivity index (χ0) is 13.2. The number of phenolic OH excluding ortho intramolecular Hbond substituents is 1. The van der Waals surface area contributed by atoms with Crippen molar-refractivity contribution >= 4 is 23.4 Å². The zero-order valence-electron chi connectivity index (χ0n) is 9.67. The summed E-state index contributed by atoms with van der Waals surface area (Å²) in [5, 5.41) is 10.9. The number of anilines is 1. The van der Waals surface area contributed by atoms with Gasteiger partial charge >= 0.3 is 6.09 Å². The van der Waals surface area contributed by atoms with Crippen LogP contribution in [0.25, 0.3) is 0 Å². The van der Waals surface area contributed by atoms with Crippen LogP contribution in [0.15, 0.2) is 12.1 Å². The van der Waals surface area contributed by atoms with E-state index in [0.29, 0.717) is 0 Å². The molecule has 17 heavy (non-hydrogen) atoms. The number of hydrogen-bond acceptors (Lipinski definition) is 3. The second kappa shape index (κ2) is 4.79. The molecule has 0 spiro atoms. The molecular formula is C11H13ClFNO3. The SMILES string of the molecule is CC(C)(C)OC(=O)Nc1ccc(O)c(Cl)c1F. The van der Waals surface area contributed by atoms with E-state index in [1.807, 2.05) is 0 Å². The molecule has 0 saturated carbocycles. The van der Waals surface area contributed by atoms with Gasteiger partial charge in [0, 0.05) is 0 Å². The summed E-state index contributed by atoms with van der Waals surface area (Å²) in [6.07, 6.45) is -0.793. The van der Waals surface area contributed by atoms with Gasteiger partial charge in [-0.25, -0.2) is 9.18 Å². The van der Waals surface area contributed by atoms with E-state index in [1.165, 1.54) is 12.1 Å². The Kier molecular flexibility index (Phi) is 3.83. The fraction of sp³-hybridized carbons (Fsp3) is 0.364. The van der Waals surface area contributed by atoms with E-state index in [1.54, 1.807) is 20.8 Å². The molecule has 0 aliphatic heterocycles. The fourth-order valence-corrected chi connectivity index (χ4v) is 1.21. The monoisotopic (exact) mass is 261 g/mol. The number of amides is 1. The zero-order valence-corrected chi connectivity index (χ0v) is 10.4. The van der Waals surface area contributed by atoms with Gasteiger partial charge < -0.3 is 9.84 Å². The van der Waals surface area contributed by atoms with Crippen LogP contribution in [0.1, 0.15) is 20.8 Å². The molecule has 1 amide bonds. The molecule has 0 aliphatic carbocycles. The number of halogens is 2. The highest BCUT2D eigenvalue weighted by Gasteiger charge is 2.18. The van der Waals surface area contributed by atoms with E-state index < -0.39 is 22.5 Å². The van der Waals surface area contributed by atoms with E-state index >= 15 is 0 Å². The van der Waals surface area contributed by atoms with Gasteiger partial charge in [-0.3, -0.25) is 5.32 Å². The number of hydrogen-bond donors (Lipinski definition) is 2. The Labute approximate surface area is 103 Å². The van der Waals surface area contributed by atoms with Gasteiger partial charge in [-0.1, -0.05) is 11.6 Å². The maximum absolute atomic E-state index is 13.5. The van der Waals surface area contributed by atoms with E-state index in [2.05, 4.69) is 5.32 Å². The first-order chi connectivity index (χ1) is 7.70. The first kappa shape index (κ1) is 13.6. The number of benzene rings is 1. The van der Waals surface area contributed by atoms with Crippen molar-refractivity contribution < 1.29 is 19.0 Å². The number of nitrogens with one attached hydrogen (secondary N) is 1. The third-order valence-corrected chi connectivity index (χ3v) is 2.06. The molecule has 0 aromatic heterocycles. The largest absolute Gasteiger partial charge is 0.506 e. The molecule has 94 valence electrons. The number of carbonyl (C=O) groups is 1. The van der Waals surface area contributed by atoms with Gasteiger partial charge in [0.1, 0.15) is 16.4 Å². The Morgan fingerprint density at radius 3 is 2.59 bits per heavy atom. The van der Waals surface area contributed by atoms with Gasteiger partial charge in [-0.05, 0) is 32.9 Å². The number of phenols is 1. The van der Waals surface area contributed by atoms with Crippen molar-refractivity contribution in [1.29, 1.82) is 0 Å². The predicted molar refractivity (Wildman–Crippen MR) is 62.9 cm³/mol. The maximum Gasteiger partial charge on any atom is 0.412 e. The van der Waals surface area contributed by atoms with Gasteiger partial charge in [0.2, 0.25) is 0 Å². The summed E-state index contributed by atoms with van der Waals surface area (Å²) in [4.78, 5) is 11.4. The summed E-state index contributed by atoms with van der Waals surface area (Å²) in [6.45, 7) is 5.06. The number of aromatic hydroxyl groups is 1. The smallest absolute Gasteiger partial charge is 0.412 e. The second-order valence-electron chi connectivity index (χ2n) is 4.39. The van der Waals surface area contributed by atoms with Crippen molar-refractivity contribution in [3.63, 3.8) is 0 Å². The molecule has 0 atom stereocenters. The normalized spacial score (nSPS) is 11.1. The molecular weight excluding hydrogens is 249 g/mol. The lowest BCUT2D eigenvalue weighted by Crippen LogP contribution is -2.27. The lowest BCUT2D eigenvalue weighted by atomic mass is 10.2. The minimum absolute atomic E-state index is 0.151. The minimum atomic E-state index is -0.905. The van der Waals surface area contributed by atoms with Crippen LogP contribution in [-0.2, 0) is 4.74 Å². The lowest BCUT2D eigenvalue weighted by molar-refractivity contribution is 0.0635. The first-order valence-electron chi connectivity index (χ1n) is 4.87. The average Bonchev–Trinajstić information content (AvgIpc) is 2.16. The van der Waals surface area contributed by atoms with Gasteiger partial charge in [0.15, 0.2) is 5.82 Å². The molecule has 0 radical (unpaired) electrons. The summed E-state index contributed by atoms with van der Waals surface area (Å²) >= 11 is 5.48. The second-order valence-corrected chi connectivity index (χ2v) is 4.77. The van der Waals surface area contributed by atoms with Gasteiger partial charge in [-0.15, -0.1) is 0 Å². The van der Waals surface area contributed by atoms with Crippen LogP contribution < -0.4 is 5.32 Å². The van der Waals surface area contributed by atoms with E-state index in [9.17, 15) is 9.18 Å². The highest BCUT2D eigenvalue weighted by Crippen LogP contribution is 2.31. The van der Waals surface area contributed by atoms with Crippen molar-refractivity contribution in [2.75, 3.05) is 5.32 Å². The van der Waals surface area contributed by atoms with Crippen molar-refractivity contribution in [1.82, 2.24) is 0 Å². The number of rotatable bonds is 1. The van der Waals surface area contributed by atoms with Crippen LogP contribution in [0.2, 0.25) is 5.02 Å². The summed E-state index contributed by atoms with van der Waals surface area (Å²) in [5.74, 6) is -1.29. The van der Waals surface area contributed by atoms with Crippen molar-refractivity contribution in [2.24, 2.45) is 0 Å². The third kappa shape index (κ3) is 3.78. The standard InChI is InChI=1S/C11H13ClFNO3/c1-11(2,3)17-10(16)14-6-4-5-7(15)8(12)9(6)13/h4-5,15H,1-3H3,(H,14,16). The van der Waals surface area contributed by atoms with Gasteiger partial charge in [0.05, 0.1) is 5.69 Å². The van der Waals surface area contributed by atoms with Crippen molar-refractivity contribution in [3.05, 3.63) is 23.0 Å². The lowest BCUT2D eigenvalue weighted by Gasteiger charge is -2.19. The van der Waals surface area contributed by atoms with Crippen LogP contribution >= 0.6 is 11.6 Å². The Bertz CT molecular complexity index is 443. The molecule has 0 bridgehead atoms. The van der Waals surface area contributed by atoms with Crippen LogP contribution in [-0.4, -0.2) is 16.8 Å². The van der Waals surface area contributed by atoms with E-state index in [0.717, 1.165) is 0 Å². The highest BCUT2D eigenvalue weighted by atomic mass is 35.5. The fourth-order valence-electron chi connectivity index (χ4n) is 1.05. The van der Waals surface area contributed by atoms with Crippen LogP contribution in [0.4, 0.5) is 14.9 Å². The molecule has 0 fully saturated rings. The molecule has 0 heterocycles. The third-order valence-electron chi connectivity index (χ3n) is 1.70. The minimum Gasteiger partial charge on any atom is -0.506 e. The van der Waals surface area contributed by atoms with Gasteiger partial charge in [-0.2, -0.15) is 0 Å². The number of ether oxygens (including phenoxy) is 1. The maximum atomic E-state index is 13.5. The van der Waals surface area contributed by atoms with Crippen molar-refractivity contribution in [3.8, 4) is 5.75 Å².